The van der Waals surface area contributed by atoms with Crippen LogP contribution in [0.2, 0.25) is 0 Å². The first-order valence-corrected chi connectivity index (χ1v) is 15.2. The van der Waals surface area contributed by atoms with Crippen molar-refractivity contribution in [3.8, 4) is 16.9 Å². The van der Waals surface area contributed by atoms with Gasteiger partial charge in [0.2, 0.25) is 5.91 Å². The lowest BCUT2D eigenvalue weighted by atomic mass is 9.45. The molecule has 1 heterocycles. The van der Waals surface area contributed by atoms with E-state index in [0.29, 0.717) is 70.3 Å². The van der Waals surface area contributed by atoms with Gasteiger partial charge in [-0.25, -0.2) is 0 Å². The lowest BCUT2D eigenvalue weighted by Crippen LogP contribution is -2.62. The zero-order chi connectivity index (χ0) is 30.9. The van der Waals surface area contributed by atoms with Crippen molar-refractivity contribution in [2.45, 2.75) is 77.3 Å². The summed E-state index contributed by atoms with van der Waals surface area (Å²) in [6.07, 6.45) is 3.11. The van der Waals surface area contributed by atoms with Gasteiger partial charge in [-0.15, -0.1) is 0 Å². The van der Waals surface area contributed by atoms with E-state index >= 15 is 0 Å². The molecule has 2 aromatic carbocycles. The fourth-order valence-corrected chi connectivity index (χ4v) is 8.73. The molecule has 0 aromatic heterocycles. The zero-order valence-corrected chi connectivity index (χ0v) is 25.5. The first-order chi connectivity index (χ1) is 20.4. The molecule has 4 saturated carbocycles. The average molecular weight is 591 g/mol. The topological polar surface area (TPSA) is 125 Å². The van der Waals surface area contributed by atoms with Gasteiger partial charge in [0.15, 0.2) is 0 Å². The lowest BCUT2D eigenvalue weighted by Gasteiger charge is -2.62. The number of nitrogens with zero attached hydrogens (tertiary/aromatic N) is 1. The summed E-state index contributed by atoms with van der Waals surface area (Å²) in [5.41, 5.74) is 0.930. The molecule has 1 spiro atoms. The molecule has 230 valence electrons. The molecule has 9 heteroatoms. The molecule has 2 bridgehead atoms. The molecule has 43 heavy (non-hydrogen) atoms. The third-order valence-electron chi connectivity index (χ3n) is 11.4. The molecule has 1 amide bonds. The van der Waals surface area contributed by atoms with Gasteiger partial charge in [0.25, 0.3) is 0 Å². The zero-order valence-electron chi connectivity index (χ0n) is 25.5. The standard InChI is InChI=1S/C34H42N2O7/c1-19-26-12-24(32(26,2)3)13-27(19)35-31(40)30-34(18-33(34,4)41)28(17-39)43-36(30)14-22-7-6-8-25(29(22)42-5)23-10-20(15-37)9-21(11-23)16-38/h6-11,15-16,19,24,26-28,30,39,41H,12-14,17-18H2,1-5H3,(H,35,40)/t19-,24+,26-,27-,28-,30+,33?,34+/m0/s1. The van der Waals surface area contributed by atoms with Crippen LogP contribution in [0.4, 0.5) is 0 Å². The first-order valence-electron chi connectivity index (χ1n) is 15.2. The number of aliphatic hydroxyl groups excluding tert-OH is 1. The predicted molar refractivity (Wildman–Crippen MR) is 159 cm³/mol. The van der Waals surface area contributed by atoms with Crippen molar-refractivity contribution in [1.82, 2.24) is 10.4 Å². The van der Waals surface area contributed by atoms with E-state index in [-0.39, 0.29) is 30.5 Å². The Kier molecular flexibility index (Phi) is 7.32. The second kappa shape index (κ2) is 10.5. The Balaban J connectivity index is 1.32. The van der Waals surface area contributed by atoms with Gasteiger partial charge < -0.3 is 20.3 Å². The van der Waals surface area contributed by atoms with Crippen LogP contribution in [0, 0.1) is 28.6 Å². The van der Waals surface area contributed by atoms with Crippen molar-refractivity contribution in [3.63, 3.8) is 0 Å². The Bertz CT molecular complexity index is 1430. The summed E-state index contributed by atoms with van der Waals surface area (Å²) in [6, 6.07) is 9.68. The summed E-state index contributed by atoms with van der Waals surface area (Å²) in [5, 5.41) is 26.5. The van der Waals surface area contributed by atoms with Crippen LogP contribution in [0.1, 0.15) is 73.2 Å². The normalized spacial score (nSPS) is 35.7. The number of carbonyl (C=O) groups excluding carboxylic acids is 3. The maximum absolute atomic E-state index is 14.2. The molecule has 0 radical (unpaired) electrons. The summed E-state index contributed by atoms with van der Waals surface area (Å²) >= 11 is 0. The summed E-state index contributed by atoms with van der Waals surface area (Å²) in [4.78, 5) is 43.6. The number of hydroxylamine groups is 2. The van der Waals surface area contributed by atoms with Gasteiger partial charge >= 0.3 is 0 Å². The van der Waals surface area contributed by atoms with Crippen molar-refractivity contribution in [3.05, 3.63) is 53.1 Å². The van der Waals surface area contributed by atoms with Crippen LogP contribution >= 0.6 is 0 Å². The quantitative estimate of drug-likeness (QED) is 0.377. The Labute approximate surface area is 252 Å². The summed E-state index contributed by atoms with van der Waals surface area (Å²) in [5.74, 6) is 1.77. The fourth-order valence-electron chi connectivity index (χ4n) is 8.73. The summed E-state index contributed by atoms with van der Waals surface area (Å²) in [6.45, 7) is 8.39. The number of ether oxygens (including phenoxy) is 1. The molecular formula is C34H42N2O7. The average Bonchev–Trinajstić information content (AvgIpc) is 3.41. The van der Waals surface area contributed by atoms with Crippen LogP contribution in [0.25, 0.3) is 11.1 Å². The largest absolute Gasteiger partial charge is 0.496 e. The number of carbonyl (C=O) groups is 3. The molecule has 1 unspecified atom stereocenters. The number of fused-ring (bicyclic) bond motifs is 2. The molecule has 1 aliphatic heterocycles. The Hall–Kier alpha value is -3.11. The van der Waals surface area contributed by atoms with E-state index in [4.69, 9.17) is 9.57 Å². The van der Waals surface area contributed by atoms with Crippen molar-refractivity contribution < 1.29 is 34.2 Å². The van der Waals surface area contributed by atoms with Crippen LogP contribution in [0.5, 0.6) is 5.75 Å². The van der Waals surface area contributed by atoms with Crippen LogP contribution in [0.15, 0.2) is 36.4 Å². The molecular weight excluding hydrogens is 548 g/mol. The third-order valence-corrected chi connectivity index (χ3v) is 11.4. The highest BCUT2D eigenvalue weighted by atomic mass is 16.7. The lowest BCUT2D eigenvalue weighted by molar-refractivity contribution is -0.183. The van der Waals surface area contributed by atoms with E-state index < -0.39 is 23.2 Å². The number of aliphatic hydroxyl groups is 2. The molecule has 9 nitrogen and oxygen atoms in total. The monoisotopic (exact) mass is 590 g/mol. The van der Waals surface area contributed by atoms with E-state index in [2.05, 4.69) is 26.1 Å². The highest BCUT2D eigenvalue weighted by molar-refractivity contribution is 5.88. The predicted octanol–water partition coefficient (Wildman–Crippen LogP) is 3.79. The molecule has 5 fully saturated rings. The number of amides is 1. The van der Waals surface area contributed by atoms with Gasteiger partial charge in [-0.2, -0.15) is 5.06 Å². The van der Waals surface area contributed by atoms with Gasteiger partial charge in [-0.05, 0) is 73.1 Å². The second-order valence-corrected chi connectivity index (χ2v) is 13.9. The van der Waals surface area contributed by atoms with E-state index in [1.54, 1.807) is 31.2 Å². The minimum Gasteiger partial charge on any atom is -0.496 e. The Morgan fingerprint density at radius 3 is 2.35 bits per heavy atom. The molecule has 4 aliphatic carbocycles. The van der Waals surface area contributed by atoms with Crippen LogP contribution in [0.3, 0.4) is 0 Å². The smallest absolute Gasteiger partial charge is 0.240 e. The number of rotatable bonds is 9. The molecule has 7 rings (SSSR count). The van der Waals surface area contributed by atoms with E-state index in [0.717, 1.165) is 6.42 Å². The SMILES string of the molecule is COc1c(CN2O[C@@H](CO)[C@]3(CC3(C)O)[C@H]2C(=O)N[C@H]2C[C@H]3C[C@@H]([C@@H]2C)C3(C)C)cccc1-c1cc(C=O)cc(C=O)c1. The number of para-hydroxylation sites is 1. The maximum atomic E-state index is 14.2. The van der Waals surface area contributed by atoms with Gasteiger partial charge in [-0.1, -0.05) is 39.0 Å². The van der Waals surface area contributed by atoms with Crippen molar-refractivity contribution in [2.75, 3.05) is 13.7 Å². The molecule has 5 aliphatic rings. The van der Waals surface area contributed by atoms with E-state index in [1.165, 1.54) is 12.5 Å². The summed E-state index contributed by atoms with van der Waals surface area (Å²) < 4.78 is 5.86. The highest BCUT2D eigenvalue weighted by Crippen LogP contribution is 2.66. The minimum absolute atomic E-state index is 0.0371. The number of hydrogen-bond acceptors (Lipinski definition) is 8. The van der Waals surface area contributed by atoms with Crippen molar-refractivity contribution in [1.29, 1.82) is 0 Å². The number of hydrogen-bond donors (Lipinski definition) is 3. The van der Waals surface area contributed by atoms with Crippen molar-refractivity contribution in [2.24, 2.45) is 28.6 Å². The first kappa shape index (κ1) is 29.9. The van der Waals surface area contributed by atoms with Gasteiger partial charge in [0, 0.05) is 28.3 Å². The number of nitrogens with one attached hydrogen (secondary N) is 1. The minimum atomic E-state index is -1.17. The Morgan fingerprint density at radius 2 is 1.81 bits per heavy atom. The molecule has 2 aromatic rings. The van der Waals surface area contributed by atoms with Crippen LogP contribution in [-0.2, 0) is 16.2 Å². The maximum Gasteiger partial charge on any atom is 0.240 e. The summed E-state index contributed by atoms with van der Waals surface area (Å²) in [7, 11) is 1.54. The molecule has 3 N–H and O–H groups in total. The van der Waals surface area contributed by atoms with Crippen LogP contribution < -0.4 is 10.1 Å². The number of benzene rings is 2. The molecule has 8 atom stereocenters. The van der Waals surface area contributed by atoms with Gasteiger partial charge in [-0.3, -0.25) is 19.2 Å². The van der Waals surface area contributed by atoms with E-state index in [1.807, 2.05) is 18.2 Å². The van der Waals surface area contributed by atoms with Gasteiger partial charge in [0.1, 0.15) is 30.5 Å². The van der Waals surface area contributed by atoms with Crippen molar-refractivity contribution >= 4 is 18.5 Å². The Morgan fingerprint density at radius 1 is 1.14 bits per heavy atom. The fraction of sp³-hybridized carbons (Fsp3) is 0.559. The van der Waals surface area contributed by atoms with Crippen LogP contribution in [-0.4, -0.2) is 71.3 Å². The number of methoxy groups -OCH3 is 1. The van der Waals surface area contributed by atoms with Gasteiger partial charge in [0.05, 0.1) is 31.3 Å². The third kappa shape index (κ3) is 4.55. The highest BCUT2D eigenvalue weighted by Gasteiger charge is 2.78. The second-order valence-electron chi connectivity index (χ2n) is 13.9. The number of aldehydes is 2. The molecule has 1 saturated heterocycles. The van der Waals surface area contributed by atoms with E-state index in [9.17, 15) is 24.6 Å².